The predicted octanol–water partition coefficient (Wildman–Crippen LogP) is 0.777. The Balaban J connectivity index is 1.86. The lowest BCUT2D eigenvalue weighted by molar-refractivity contribution is 0.127. The average molecular weight is 252 g/mol. The smallest absolute Gasteiger partial charge is 0.423 e. The van der Waals surface area contributed by atoms with Gasteiger partial charge in [-0.1, -0.05) is 24.3 Å². The van der Waals surface area contributed by atoms with Gasteiger partial charge >= 0.3 is 7.12 Å². The molecule has 92 valence electrons. The molecule has 2 unspecified atom stereocenters. The van der Waals surface area contributed by atoms with Crippen LogP contribution < -0.4 is 5.46 Å². The third-order valence-electron chi connectivity index (χ3n) is 3.05. The first-order valence-electron chi connectivity index (χ1n) is 5.85. The monoisotopic (exact) mass is 252 g/mol. The minimum atomic E-state index is -1.38. The van der Waals surface area contributed by atoms with Crippen molar-refractivity contribution in [3.05, 3.63) is 29.8 Å². The first kappa shape index (κ1) is 13.0. The molecule has 1 aliphatic heterocycles. The average Bonchev–Trinajstić information content (AvgIpc) is 2.73. The van der Waals surface area contributed by atoms with E-state index in [-0.39, 0.29) is 0 Å². The Hall–Kier alpha value is -0.485. The second kappa shape index (κ2) is 5.91. The number of thioether (sulfide) groups is 1. The maximum atomic E-state index is 8.99. The molecule has 17 heavy (non-hydrogen) atoms. The van der Waals surface area contributed by atoms with Gasteiger partial charge in [0.2, 0.25) is 0 Å². The highest BCUT2D eigenvalue weighted by molar-refractivity contribution is 7.99. The topological polar surface area (TPSA) is 49.7 Å². The summed E-state index contributed by atoms with van der Waals surface area (Å²) in [5.74, 6) is 0.945. The fourth-order valence-electron chi connectivity index (χ4n) is 1.92. The molecule has 1 heterocycles. The molecule has 0 bridgehead atoms. The Morgan fingerprint density at radius 3 is 2.59 bits per heavy atom. The van der Waals surface area contributed by atoms with Crippen molar-refractivity contribution in [2.75, 3.05) is 6.61 Å². The zero-order valence-electron chi connectivity index (χ0n) is 9.87. The van der Waals surface area contributed by atoms with Crippen LogP contribution in [-0.2, 0) is 10.5 Å². The van der Waals surface area contributed by atoms with Crippen LogP contribution in [0.2, 0.25) is 0 Å². The Bertz CT molecular complexity index is 355. The van der Waals surface area contributed by atoms with E-state index in [1.807, 2.05) is 23.9 Å². The van der Waals surface area contributed by atoms with E-state index in [0.29, 0.717) is 16.8 Å². The summed E-state index contributed by atoms with van der Waals surface area (Å²) in [4.78, 5) is 0. The molecule has 2 rings (SSSR count). The zero-order valence-corrected chi connectivity index (χ0v) is 10.7. The molecule has 0 aromatic heterocycles. The van der Waals surface area contributed by atoms with Crippen LogP contribution in [0.1, 0.15) is 18.9 Å². The van der Waals surface area contributed by atoms with Crippen molar-refractivity contribution in [3.8, 4) is 0 Å². The highest BCUT2D eigenvalue weighted by Crippen LogP contribution is 2.28. The summed E-state index contributed by atoms with van der Waals surface area (Å²) >= 11 is 1.91. The lowest BCUT2D eigenvalue weighted by Gasteiger charge is -2.13. The Morgan fingerprint density at radius 2 is 2.06 bits per heavy atom. The third kappa shape index (κ3) is 3.49. The molecule has 2 atom stereocenters. The second-order valence-corrected chi connectivity index (χ2v) is 5.56. The standard InChI is InChI=1S/C12H17BO3S/c1-9-12(6-7-16-9)17-8-10-2-4-11(5-3-10)13(14)15/h2-5,9,12,14-15H,6-8H2,1H3. The number of hydrogen-bond donors (Lipinski definition) is 2. The van der Waals surface area contributed by atoms with Gasteiger partial charge in [-0.25, -0.2) is 0 Å². The van der Waals surface area contributed by atoms with Crippen molar-refractivity contribution < 1.29 is 14.8 Å². The van der Waals surface area contributed by atoms with Crippen LogP contribution in [0.15, 0.2) is 24.3 Å². The molecule has 3 nitrogen and oxygen atoms in total. The molecule has 2 N–H and O–H groups in total. The van der Waals surface area contributed by atoms with E-state index in [1.54, 1.807) is 12.1 Å². The maximum Gasteiger partial charge on any atom is 0.488 e. The predicted molar refractivity (Wildman–Crippen MR) is 71.4 cm³/mol. The molecular weight excluding hydrogens is 235 g/mol. The molecule has 1 saturated heterocycles. The molecule has 1 aromatic rings. The lowest BCUT2D eigenvalue weighted by atomic mass is 9.80. The van der Waals surface area contributed by atoms with E-state index in [4.69, 9.17) is 14.8 Å². The molecule has 0 saturated carbocycles. The maximum absolute atomic E-state index is 8.99. The van der Waals surface area contributed by atoms with Crippen molar-refractivity contribution >= 4 is 24.3 Å². The van der Waals surface area contributed by atoms with Gasteiger partial charge in [-0.3, -0.25) is 0 Å². The summed E-state index contributed by atoms with van der Waals surface area (Å²) in [6.07, 6.45) is 1.47. The third-order valence-corrected chi connectivity index (χ3v) is 4.60. The summed E-state index contributed by atoms with van der Waals surface area (Å²) in [6.45, 7) is 2.99. The van der Waals surface area contributed by atoms with E-state index in [1.165, 1.54) is 5.56 Å². The SMILES string of the molecule is CC1OCCC1SCc1ccc(B(O)O)cc1. The van der Waals surface area contributed by atoms with E-state index in [0.717, 1.165) is 18.8 Å². The molecule has 0 spiro atoms. The van der Waals surface area contributed by atoms with Crippen molar-refractivity contribution in [1.82, 2.24) is 0 Å². The van der Waals surface area contributed by atoms with Crippen molar-refractivity contribution in [3.63, 3.8) is 0 Å². The summed E-state index contributed by atoms with van der Waals surface area (Å²) in [5.41, 5.74) is 1.75. The molecule has 0 radical (unpaired) electrons. The van der Waals surface area contributed by atoms with Crippen LogP contribution in [0.4, 0.5) is 0 Å². The normalized spacial score (nSPS) is 23.9. The van der Waals surface area contributed by atoms with E-state index < -0.39 is 7.12 Å². The van der Waals surface area contributed by atoms with Gasteiger partial charge in [-0.15, -0.1) is 0 Å². The van der Waals surface area contributed by atoms with Crippen molar-refractivity contribution in [1.29, 1.82) is 0 Å². The molecule has 0 amide bonds. The lowest BCUT2D eigenvalue weighted by Crippen LogP contribution is -2.29. The summed E-state index contributed by atoms with van der Waals surface area (Å²) in [6, 6.07) is 7.41. The molecule has 1 aromatic carbocycles. The molecule has 0 aliphatic carbocycles. The van der Waals surface area contributed by atoms with Crippen LogP contribution in [0.3, 0.4) is 0 Å². The van der Waals surface area contributed by atoms with Gasteiger partial charge in [0.1, 0.15) is 0 Å². The number of rotatable bonds is 4. The van der Waals surface area contributed by atoms with E-state index in [2.05, 4.69) is 6.92 Å². The second-order valence-electron chi connectivity index (χ2n) is 4.33. The summed E-state index contributed by atoms with van der Waals surface area (Å²) in [5, 5.41) is 18.6. The van der Waals surface area contributed by atoms with Gasteiger partial charge in [-0.2, -0.15) is 11.8 Å². The van der Waals surface area contributed by atoms with Crippen LogP contribution in [0.5, 0.6) is 0 Å². The van der Waals surface area contributed by atoms with Gasteiger partial charge in [0.15, 0.2) is 0 Å². The molecule has 5 heteroatoms. The van der Waals surface area contributed by atoms with Crippen LogP contribution in [-0.4, -0.2) is 35.1 Å². The van der Waals surface area contributed by atoms with Crippen molar-refractivity contribution in [2.24, 2.45) is 0 Å². The highest BCUT2D eigenvalue weighted by atomic mass is 32.2. The largest absolute Gasteiger partial charge is 0.488 e. The van der Waals surface area contributed by atoms with Crippen LogP contribution in [0, 0.1) is 0 Å². The van der Waals surface area contributed by atoms with Crippen molar-refractivity contribution in [2.45, 2.75) is 30.5 Å². The van der Waals surface area contributed by atoms with Gasteiger partial charge < -0.3 is 14.8 Å². The quantitative estimate of drug-likeness (QED) is 0.777. The molecule has 1 fully saturated rings. The van der Waals surface area contributed by atoms with Gasteiger partial charge in [0, 0.05) is 17.6 Å². The first-order chi connectivity index (χ1) is 8.16. The number of hydrogen-bond acceptors (Lipinski definition) is 4. The van der Waals surface area contributed by atoms with Gasteiger partial charge in [0.25, 0.3) is 0 Å². The minimum Gasteiger partial charge on any atom is -0.423 e. The highest BCUT2D eigenvalue weighted by Gasteiger charge is 2.24. The summed E-state index contributed by atoms with van der Waals surface area (Å²) < 4.78 is 5.52. The van der Waals surface area contributed by atoms with E-state index in [9.17, 15) is 0 Å². The van der Waals surface area contributed by atoms with Gasteiger partial charge in [-0.05, 0) is 24.4 Å². The number of benzene rings is 1. The zero-order chi connectivity index (χ0) is 12.3. The van der Waals surface area contributed by atoms with E-state index >= 15 is 0 Å². The Kier molecular flexibility index (Phi) is 4.51. The summed E-state index contributed by atoms with van der Waals surface area (Å²) in [7, 11) is -1.38. The molecule has 1 aliphatic rings. The minimum absolute atomic E-state index is 0.346. The Labute approximate surface area is 106 Å². The van der Waals surface area contributed by atoms with Crippen LogP contribution >= 0.6 is 11.8 Å². The fraction of sp³-hybridized carbons (Fsp3) is 0.500. The number of ether oxygens (including phenoxy) is 1. The molecular formula is C12H17BO3S. The first-order valence-corrected chi connectivity index (χ1v) is 6.90. The van der Waals surface area contributed by atoms with Crippen LogP contribution in [0.25, 0.3) is 0 Å². The van der Waals surface area contributed by atoms with Gasteiger partial charge in [0.05, 0.1) is 6.10 Å². The fourth-order valence-corrected chi connectivity index (χ4v) is 3.13. The Morgan fingerprint density at radius 1 is 1.35 bits per heavy atom.